The van der Waals surface area contributed by atoms with Crippen LogP contribution in [-0.2, 0) is 7.05 Å². The third-order valence-corrected chi connectivity index (χ3v) is 3.80. The highest BCUT2D eigenvalue weighted by molar-refractivity contribution is 9.10. The van der Waals surface area contributed by atoms with E-state index in [2.05, 4.69) is 51.5 Å². The molecule has 0 aliphatic carbocycles. The molecule has 0 bridgehead atoms. The Morgan fingerprint density at radius 3 is 2.39 bits per heavy atom. The number of pyridine rings is 1. The van der Waals surface area contributed by atoms with Crippen LogP contribution in [-0.4, -0.2) is 19.1 Å². The molecule has 0 spiro atoms. The van der Waals surface area contributed by atoms with Crippen LogP contribution in [0.15, 0.2) is 28.9 Å². The summed E-state index contributed by atoms with van der Waals surface area (Å²) in [5.41, 5.74) is 4.11. The van der Waals surface area contributed by atoms with Crippen molar-refractivity contribution in [2.45, 2.75) is 13.8 Å². The van der Waals surface area contributed by atoms with Gasteiger partial charge in [-0.15, -0.1) is 0 Å². The number of nitrogens with zero attached hydrogens (tertiary/aromatic N) is 4. The lowest BCUT2D eigenvalue weighted by atomic mass is 10.4. The Balaban J connectivity index is 2.38. The molecule has 0 atom stereocenters. The molecule has 18 heavy (non-hydrogen) atoms. The highest BCUT2D eigenvalue weighted by Gasteiger charge is 2.14. The van der Waals surface area contributed by atoms with Crippen LogP contribution < -0.4 is 0 Å². The van der Waals surface area contributed by atoms with E-state index >= 15 is 0 Å². The summed E-state index contributed by atoms with van der Waals surface area (Å²) in [7, 11) is 1.99. The van der Waals surface area contributed by atoms with Crippen LogP contribution in [0.3, 0.4) is 0 Å². The summed E-state index contributed by atoms with van der Waals surface area (Å²) in [4.78, 5) is 9.08. The van der Waals surface area contributed by atoms with Crippen molar-refractivity contribution in [2.75, 3.05) is 0 Å². The Labute approximate surface area is 113 Å². The molecule has 0 saturated heterocycles. The van der Waals surface area contributed by atoms with Gasteiger partial charge in [0.1, 0.15) is 5.52 Å². The molecule has 0 amide bonds. The van der Waals surface area contributed by atoms with Crippen molar-refractivity contribution < 1.29 is 0 Å². The Kier molecular flexibility index (Phi) is 2.52. The Morgan fingerprint density at radius 1 is 1.11 bits per heavy atom. The first-order valence-corrected chi connectivity index (χ1v) is 6.51. The summed E-state index contributed by atoms with van der Waals surface area (Å²) in [5.74, 6) is 0.893. The fourth-order valence-corrected chi connectivity index (χ4v) is 2.61. The van der Waals surface area contributed by atoms with Crippen molar-refractivity contribution in [1.82, 2.24) is 19.1 Å². The Morgan fingerprint density at radius 2 is 1.78 bits per heavy atom. The molecule has 3 aromatic rings. The highest BCUT2D eigenvalue weighted by Crippen LogP contribution is 2.24. The van der Waals surface area contributed by atoms with Crippen molar-refractivity contribution >= 4 is 27.1 Å². The molecule has 3 aromatic heterocycles. The summed E-state index contributed by atoms with van der Waals surface area (Å²) in [6.07, 6.45) is 1.78. The van der Waals surface area contributed by atoms with Gasteiger partial charge < -0.3 is 0 Å². The fraction of sp³-hybridized carbons (Fsp3) is 0.231. The van der Waals surface area contributed by atoms with E-state index in [1.165, 1.54) is 11.4 Å². The van der Waals surface area contributed by atoms with Gasteiger partial charge in [0.15, 0.2) is 5.65 Å². The first kappa shape index (κ1) is 11.5. The van der Waals surface area contributed by atoms with Gasteiger partial charge in [0.25, 0.3) is 0 Å². The zero-order valence-corrected chi connectivity index (χ0v) is 12.1. The van der Waals surface area contributed by atoms with Crippen LogP contribution in [0.5, 0.6) is 0 Å². The van der Waals surface area contributed by atoms with Gasteiger partial charge in [-0.05, 0) is 48.0 Å². The average Bonchev–Trinajstić information content (AvgIpc) is 2.83. The zero-order valence-electron chi connectivity index (χ0n) is 10.5. The maximum absolute atomic E-state index is 4.69. The van der Waals surface area contributed by atoms with Crippen LogP contribution in [0.2, 0.25) is 0 Å². The van der Waals surface area contributed by atoms with Crippen molar-refractivity contribution in [1.29, 1.82) is 0 Å². The predicted molar refractivity (Wildman–Crippen MR) is 75.0 cm³/mol. The molecular formula is C13H13BrN4. The third-order valence-electron chi connectivity index (χ3n) is 3.16. The minimum absolute atomic E-state index is 0.881. The minimum atomic E-state index is 0.881. The lowest BCUT2D eigenvalue weighted by Crippen LogP contribution is -2.06. The van der Waals surface area contributed by atoms with Crippen LogP contribution in [0.1, 0.15) is 11.4 Å². The van der Waals surface area contributed by atoms with Gasteiger partial charge in [-0.2, -0.15) is 0 Å². The number of hydrogen-bond acceptors (Lipinski definition) is 2. The molecule has 0 aliphatic rings. The average molecular weight is 305 g/mol. The molecule has 4 nitrogen and oxygen atoms in total. The highest BCUT2D eigenvalue weighted by atomic mass is 79.9. The normalized spacial score (nSPS) is 11.3. The number of fused-ring (bicyclic) bond motifs is 1. The zero-order chi connectivity index (χ0) is 12.9. The number of halogens is 1. The van der Waals surface area contributed by atoms with Crippen LogP contribution in [0.25, 0.3) is 17.1 Å². The second-order valence-corrected chi connectivity index (χ2v) is 5.24. The summed E-state index contributed by atoms with van der Waals surface area (Å²) < 4.78 is 5.12. The van der Waals surface area contributed by atoms with Gasteiger partial charge in [0, 0.05) is 29.1 Å². The number of aryl methyl sites for hydroxylation is 3. The molecule has 0 radical (unpaired) electrons. The standard InChI is InChI=1S/C13H13BrN4/c1-8-4-5-9(2)18(8)13-16-11-10(14)6-7-15-12(11)17(13)3/h4-7H,1-3H3. The van der Waals surface area contributed by atoms with E-state index < -0.39 is 0 Å². The first-order valence-electron chi connectivity index (χ1n) is 5.72. The fourth-order valence-electron chi connectivity index (χ4n) is 2.22. The number of rotatable bonds is 1. The number of aromatic nitrogens is 4. The minimum Gasteiger partial charge on any atom is -0.297 e. The van der Waals surface area contributed by atoms with E-state index in [1.54, 1.807) is 6.20 Å². The van der Waals surface area contributed by atoms with Crippen LogP contribution >= 0.6 is 15.9 Å². The van der Waals surface area contributed by atoms with E-state index in [0.29, 0.717) is 0 Å². The third kappa shape index (κ3) is 1.50. The quantitative estimate of drug-likeness (QED) is 0.692. The van der Waals surface area contributed by atoms with Crippen LogP contribution in [0.4, 0.5) is 0 Å². The molecule has 0 unspecified atom stereocenters. The van der Waals surface area contributed by atoms with Gasteiger partial charge in [-0.25, -0.2) is 9.97 Å². The maximum atomic E-state index is 4.69. The van der Waals surface area contributed by atoms with Crippen molar-refractivity contribution in [2.24, 2.45) is 7.05 Å². The first-order chi connectivity index (χ1) is 8.59. The molecule has 0 saturated carbocycles. The molecule has 3 heterocycles. The van der Waals surface area contributed by atoms with E-state index in [9.17, 15) is 0 Å². The van der Waals surface area contributed by atoms with E-state index in [4.69, 9.17) is 4.98 Å². The van der Waals surface area contributed by atoms with E-state index in [0.717, 1.165) is 21.6 Å². The second-order valence-electron chi connectivity index (χ2n) is 4.39. The molecule has 3 rings (SSSR count). The molecule has 5 heteroatoms. The maximum Gasteiger partial charge on any atom is 0.216 e. The van der Waals surface area contributed by atoms with Crippen molar-refractivity contribution in [3.8, 4) is 5.95 Å². The van der Waals surface area contributed by atoms with Crippen molar-refractivity contribution in [3.05, 3.63) is 40.3 Å². The van der Waals surface area contributed by atoms with Gasteiger partial charge in [-0.3, -0.25) is 9.13 Å². The Hall–Kier alpha value is -1.62. The monoisotopic (exact) mass is 304 g/mol. The molecule has 0 fully saturated rings. The second kappa shape index (κ2) is 3.95. The summed E-state index contributed by atoms with van der Waals surface area (Å²) in [6.45, 7) is 4.16. The topological polar surface area (TPSA) is 35.6 Å². The summed E-state index contributed by atoms with van der Waals surface area (Å²) >= 11 is 3.52. The molecule has 0 aliphatic heterocycles. The molecule has 0 N–H and O–H groups in total. The summed E-state index contributed by atoms with van der Waals surface area (Å²) in [6, 6.07) is 6.10. The summed E-state index contributed by atoms with van der Waals surface area (Å²) in [5, 5.41) is 0. The van der Waals surface area contributed by atoms with E-state index in [1.807, 2.05) is 17.7 Å². The van der Waals surface area contributed by atoms with Gasteiger partial charge in [0.2, 0.25) is 5.95 Å². The number of hydrogen-bond donors (Lipinski definition) is 0. The largest absolute Gasteiger partial charge is 0.297 e. The molecule has 92 valence electrons. The lowest BCUT2D eigenvalue weighted by molar-refractivity contribution is 0.801. The number of imidazole rings is 1. The predicted octanol–water partition coefficient (Wildman–Crippen LogP) is 3.14. The van der Waals surface area contributed by atoms with Gasteiger partial charge >= 0.3 is 0 Å². The van der Waals surface area contributed by atoms with Crippen molar-refractivity contribution in [3.63, 3.8) is 0 Å². The van der Waals surface area contributed by atoms with Crippen LogP contribution in [0, 0.1) is 13.8 Å². The van der Waals surface area contributed by atoms with Gasteiger partial charge in [0.05, 0.1) is 0 Å². The SMILES string of the molecule is Cc1ccc(C)n1-c1nc2c(Br)ccnc2n1C. The molecule has 0 aromatic carbocycles. The molecular weight excluding hydrogens is 292 g/mol. The smallest absolute Gasteiger partial charge is 0.216 e. The Bertz CT molecular complexity index is 719. The van der Waals surface area contributed by atoms with E-state index in [-0.39, 0.29) is 0 Å². The van der Waals surface area contributed by atoms with Gasteiger partial charge in [-0.1, -0.05) is 0 Å². The lowest BCUT2D eigenvalue weighted by Gasteiger charge is -2.08.